The van der Waals surface area contributed by atoms with Crippen molar-refractivity contribution >= 4 is 40.6 Å². The van der Waals surface area contributed by atoms with Crippen LogP contribution in [0.15, 0.2) is 47.6 Å². The maximum absolute atomic E-state index is 12.6. The topological polar surface area (TPSA) is 89.0 Å². The van der Waals surface area contributed by atoms with E-state index in [-0.39, 0.29) is 17.9 Å². The first kappa shape index (κ1) is 24.6. The van der Waals surface area contributed by atoms with E-state index in [1.807, 2.05) is 39.8 Å². The number of carbonyl (C=O) groups is 2. The molecule has 0 saturated heterocycles. The maximum atomic E-state index is 12.6. The monoisotopic (exact) mass is 537 g/mol. The zero-order chi connectivity index (χ0) is 23.0. The molecule has 0 heterocycles. The van der Waals surface area contributed by atoms with Crippen LogP contribution < -0.4 is 20.2 Å². The number of hydrazone groups is 1. The molecule has 2 N–H and O–H groups in total. The largest absolute Gasteiger partial charge is 0.493 e. The van der Waals surface area contributed by atoms with Gasteiger partial charge in [-0.1, -0.05) is 32.0 Å². The summed E-state index contributed by atoms with van der Waals surface area (Å²) in [7, 11) is 1.57. The van der Waals surface area contributed by atoms with Crippen molar-refractivity contribution in [2.45, 2.75) is 39.8 Å². The molecule has 0 spiro atoms. The number of methoxy groups -OCH3 is 1. The molecule has 0 bridgehead atoms. The number of benzene rings is 2. The molecule has 0 aliphatic rings. The van der Waals surface area contributed by atoms with Crippen LogP contribution in [0.25, 0.3) is 0 Å². The fraction of sp³-hybridized carbons (Fsp3) is 0.348. The first-order valence-electron chi connectivity index (χ1n) is 9.96. The molecule has 0 aromatic heterocycles. The lowest BCUT2D eigenvalue weighted by atomic mass is 10.0. The second-order valence-electron chi connectivity index (χ2n) is 7.50. The lowest BCUT2D eigenvalue weighted by Gasteiger charge is -2.20. The van der Waals surface area contributed by atoms with E-state index >= 15 is 0 Å². The van der Waals surface area contributed by atoms with Crippen LogP contribution >= 0.6 is 22.6 Å². The van der Waals surface area contributed by atoms with Crippen LogP contribution in [-0.4, -0.2) is 37.3 Å². The molecule has 1 unspecified atom stereocenters. The third kappa shape index (κ3) is 7.23. The molecule has 2 aromatic rings. The van der Waals surface area contributed by atoms with Gasteiger partial charge in [-0.05, 0) is 72.2 Å². The van der Waals surface area contributed by atoms with Crippen LogP contribution in [0.1, 0.15) is 43.6 Å². The molecule has 0 fully saturated rings. The summed E-state index contributed by atoms with van der Waals surface area (Å²) in [6.45, 7) is 7.62. The molecule has 2 rings (SSSR count). The molecule has 0 aliphatic heterocycles. The molecule has 0 radical (unpaired) electrons. The molecular weight excluding hydrogens is 509 g/mol. The van der Waals surface area contributed by atoms with Crippen molar-refractivity contribution in [2.24, 2.45) is 11.0 Å². The van der Waals surface area contributed by atoms with Crippen molar-refractivity contribution in [3.63, 3.8) is 0 Å². The van der Waals surface area contributed by atoms with Crippen molar-refractivity contribution in [1.29, 1.82) is 0 Å². The Balaban J connectivity index is 2.08. The van der Waals surface area contributed by atoms with Gasteiger partial charge in [-0.25, -0.2) is 5.43 Å². The van der Waals surface area contributed by atoms with Crippen molar-refractivity contribution in [2.75, 3.05) is 7.11 Å². The zero-order valence-electron chi connectivity index (χ0n) is 18.3. The summed E-state index contributed by atoms with van der Waals surface area (Å²) < 4.78 is 12.1. The number of amides is 2. The van der Waals surface area contributed by atoms with Crippen LogP contribution in [0.4, 0.5) is 0 Å². The van der Waals surface area contributed by atoms with Crippen molar-refractivity contribution in [1.82, 2.24) is 10.7 Å². The molecule has 1 atom stereocenters. The molecule has 0 aliphatic carbocycles. The van der Waals surface area contributed by atoms with Crippen molar-refractivity contribution in [3.05, 3.63) is 57.2 Å². The highest BCUT2D eigenvalue weighted by Gasteiger charge is 2.24. The van der Waals surface area contributed by atoms with Gasteiger partial charge in [0.15, 0.2) is 11.5 Å². The Morgan fingerprint density at radius 3 is 2.35 bits per heavy atom. The van der Waals surface area contributed by atoms with Gasteiger partial charge in [-0.3, -0.25) is 9.59 Å². The Morgan fingerprint density at radius 2 is 1.77 bits per heavy atom. The van der Waals surface area contributed by atoms with Gasteiger partial charge in [0.1, 0.15) is 6.04 Å². The van der Waals surface area contributed by atoms with Gasteiger partial charge in [0.25, 0.3) is 11.8 Å². The normalized spacial score (nSPS) is 12.1. The van der Waals surface area contributed by atoms with Crippen LogP contribution in [0.3, 0.4) is 0 Å². The average molecular weight is 537 g/mol. The van der Waals surface area contributed by atoms with E-state index in [2.05, 4.69) is 38.4 Å². The van der Waals surface area contributed by atoms with E-state index in [1.165, 1.54) is 6.21 Å². The summed E-state index contributed by atoms with van der Waals surface area (Å²) in [6.07, 6.45) is 1.54. The Labute approximate surface area is 196 Å². The van der Waals surface area contributed by atoms with Gasteiger partial charge in [0, 0.05) is 5.56 Å². The third-order valence-corrected chi connectivity index (χ3v) is 5.07. The Hall–Kier alpha value is -2.62. The van der Waals surface area contributed by atoms with Crippen LogP contribution in [0.5, 0.6) is 11.5 Å². The number of hydrogen-bond donors (Lipinski definition) is 2. The summed E-state index contributed by atoms with van der Waals surface area (Å²) in [5.74, 6) is 0.443. The Kier molecular flexibility index (Phi) is 9.29. The minimum Gasteiger partial charge on any atom is -0.493 e. The molecule has 0 saturated carbocycles. The second-order valence-corrected chi connectivity index (χ2v) is 8.66. The number of rotatable bonds is 9. The van der Waals surface area contributed by atoms with Crippen LogP contribution in [0, 0.1) is 9.49 Å². The predicted octanol–water partition coefficient (Wildman–Crippen LogP) is 3.99. The summed E-state index contributed by atoms with van der Waals surface area (Å²) in [5.41, 5.74) is 3.75. The van der Waals surface area contributed by atoms with Gasteiger partial charge < -0.3 is 14.8 Å². The van der Waals surface area contributed by atoms with Crippen LogP contribution in [-0.2, 0) is 4.79 Å². The van der Waals surface area contributed by atoms with Gasteiger partial charge in [-0.15, -0.1) is 0 Å². The molecule has 2 aromatic carbocycles. The summed E-state index contributed by atoms with van der Waals surface area (Å²) >= 11 is 2.17. The number of nitrogens with one attached hydrogen (secondary N) is 2. The van der Waals surface area contributed by atoms with Gasteiger partial charge in [-0.2, -0.15) is 5.10 Å². The second kappa shape index (κ2) is 11.7. The smallest absolute Gasteiger partial charge is 0.262 e. The average Bonchev–Trinajstić information content (AvgIpc) is 2.73. The minimum atomic E-state index is -0.721. The molecular formula is C23H28IN3O4. The molecule has 2 amide bonds. The number of carbonyl (C=O) groups excluding carboxylic acids is 2. The first-order valence-corrected chi connectivity index (χ1v) is 11.0. The van der Waals surface area contributed by atoms with Crippen LogP contribution in [0.2, 0.25) is 0 Å². The predicted molar refractivity (Wildman–Crippen MR) is 130 cm³/mol. The van der Waals surface area contributed by atoms with E-state index in [0.717, 1.165) is 9.13 Å². The molecule has 7 nitrogen and oxygen atoms in total. The van der Waals surface area contributed by atoms with Gasteiger partial charge in [0.2, 0.25) is 0 Å². The van der Waals surface area contributed by atoms with E-state index in [9.17, 15) is 9.59 Å². The standard InChI is InChI=1S/C23H28IN3O4/c1-14(2)20(26-22(28)17-9-7-6-8-10-17)23(29)27-25-13-16-11-18(24)21(31-15(3)4)19(12-16)30-5/h6-15,20H,1-5H3,(H,26,28)(H,27,29)/b25-13+. The fourth-order valence-corrected chi connectivity index (χ4v) is 3.51. The van der Waals surface area contributed by atoms with Gasteiger partial charge >= 0.3 is 0 Å². The van der Waals surface area contributed by atoms with E-state index < -0.39 is 11.9 Å². The highest BCUT2D eigenvalue weighted by atomic mass is 127. The molecule has 8 heteroatoms. The third-order valence-electron chi connectivity index (χ3n) is 4.27. The summed E-state index contributed by atoms with van der Waals surface area (Å²) in [5, 5.41) is 6.83. The van der Waals surface area contributed by atoms with Crippen molar-refractivity contribution in [3.8, 4) is 11.5 Å². The first-order chi connectivity index (χ1) is 14.7. The Bertz CT molecular complexity index is 930. The maximum Gasteiger partial charge on any atom is 0.262 e. The van der Waals surface area contributed by atoms with E-state index in [1.54, 1.807) is 37.4 Å². The highest BCUT2D eigenvalue weighted by molar-refractivity contribution is 14.1. The van der Waals surface area contributed by atoms with Gasteiger partial charge in [0.05, 0.1) is 23.0 Å². The lowest BCUT2D eigenvalue weighted by molar-refractivity contribution is -0.123. The molecule has 31 heavy (non-hydrogen) atoms. The number of halogens is 1. The highest BCUT2D eigenvalue weighted by Crippen LogP contribution is 2.34. The number of ether oxygens (including phenoxy) is 2. The minimum absolute atomic E-state index is 0.0142. The number of hydrogen-bond acceptors (Lipinski definition) is 5. The summed E-state index contributed by atoms with van der Waals surface area (Å²) in [4.78, 5) is 25.0. The van der Waals surface area contributed by atoms with E-state index in [0.29, 0.717) is 17.1 Å². The number of nitrogens with zero attached hydrogens (tertiary/aromatic N) is 1. The lowest BCUT2D eigenvalue weighted by Crippen LogP contribution is -2.48. The summed E-state index contributed by atoms with van der Waals surface area (Å²) in [6, 6.07) is 11.7. The zero-order valence-corrected chi connectivity index (χ0v) is 20.5. The van der Waals surface area contributed by atoms with Crippen molar-refractivity contribution < 1.29 is 19.1 Å². The van der Waals surface area contributed by atoms with E-state index in [4.69, 9.17) is 9.47 Å². The SMILES string of the molecule is COc1cc(/C=N/NC(=O)C(NC(=O)c2ccccc2)C(C)C)cc(I)c1OC(C)C. The molecule has 166 valence electrons. The fourth-order valence-electron chi connectivity index (χ4n) is 2.75. The quantitative estimate of drug-likeness (QED) is 0.288. The Morgan fingerprint density at radius 1 is 1.10 bits per heavy atom.